The van der Waals surface area contributed by atoms with Crippen LogP contribution in [0.1, 0.15) is 13.3 Å². The number of carbonyl (C=O) groups excluding carboxylic acids is 2. The predicted octanol–water partition coefficient (Wildman–Crippen LogP) is -0.120. The Morgan fingerprint density at radius 3 is 2.94 bits per heavy atom. The highest BCUT2D eigenvalue weighted by Crippen LogP contribution is 2.30. The van der Waals surface area contributed by atoms with Gasteiger partial charge in [0.1, 0.15) is 0 Å². The smallest absolute Gasteiger partial charge is 0.331 e. The molecule has 98 valence electrons. The lowest BCUT2D eigenvalue weighted by atomic mass is 9.91. The van der Waals surface area contributed by atoms with Crippen LogP contribution in [0.2, 0.25) is 0 Å². The van der Waals surface area contributed by atoms with Gasteiger partial charge in [-0.05, 0) is 19.4 Å². The summed E-state index contributed by atoms with van der Waals surface area (Å²) in [4.78, 5) is 23.6. The lowest BCUT2D eigenvalue weighted by molar-refractivity contribution is -0.148. The molecule has 0 aromatic rings. The van der Waals surface area contributed by atoms with Crippen LogP contribution in [0.3, 0.4) is 0 Å². The van der Waals surface area contributed by atoms with Gasteiger partial charge in [-0.15, -0.1) is 0 Å². The maximum absolute atomic E-state index is 12.1. The van der Waals surface area contributed by atoms with Crippen LogP contribution < -0.4 is 4.72 Å². The SMILES string of the molecule is CCOC(=O)C1NS(=O)(=O)C2=CC=CCC2C1=O. The fraction of sp³-hybridized carbons (Fsp3) is 0.455. The molecule has 18 heavy (non-hydrogen) atoms. The van der Waals surface area contributed by atoms with Crippen molar-refractivity contribution < 1.29 is 22.7 Å². The summed E-state index contributed by atoms with van der Waals surface area (Å²) in [5, 5.41) is 0. The Hall–Kier alpha value is -1.47. The lowest BCUT2D eigenvalue weighted by Crippen LogP contribution is -2.55. The number of fused-ring (bicyclic) bond motifs is 1. The second kappa shape index (κ2) is 4.66. The predicted molar refractivity (Wildman–Crippen MR) is 62.8 cm³/mol. The highest BCUT2D eigenvalue weighted by Gasteiger charge is 2.46. The third kappa shape index (κ3) is 2.11. The van der Waals surface area contributed by atoms with E-state index in [1.165, 1.54) is 6.08 Å². The molecule has 0 radical (unpaired) electrons. The summed E-state index contributed by atoms with van der Waals surface area (Å²) in [6.45, 7) is 1.69. The molecule has 1 N–H and O–H groups in total. The molecule has 6 nitrogen and oxygen atoms in total. The maximum atomic E-state index is 12.1. The number of carbonyl (C=O) groups is 2. The molecule has 0 bridgehead atoms. The molecular weight excluding hydrogens is 258 g/mol. The number of allylic oxidation sites excluding steroid dienone is 4. The molecule has 1 fully saturated rings. The first-order valence-corrected chi connectivity index (χ1v) is 7.05. The second-order valence-corrected chi connectivity index (χ2v) is 5.71. The number of hydrogen-bond donors (Lipinski definition) is 1. The maximum Gasteiger partial charge on any atom is 0.331 e. The van der Waals surface area contributed by atoms with E-state index in [2.05, 4.69) is 4.72 Å². The quantitative estimate of drug-likeness (QED) is 0.558. The van der Waals surface area contributed by atoms with Crippen molar-refractivity contribution in [1.29, 1.82) is 0 Å². The second-order valence-electron chi connectivity index (χ2n) is 3.99. The van der Waals surface area contributed by atoms with Crippen molar-refractivity contribution >= 4 is 21.8 Å². The zero-order valence-corrected chi connectivity index (χ0v) is 10.6. The molecule has 1 heterocycles. The Morgan fingerprint density at radius 1 is 1.56 bits per heavy atom. The third-order valence-electron chi connectivity index (χ3n) is 2.85. The first-order chi connectivity index (χ1) is 8.47. The van der Waals surface area contributed by atoms with Gasteiger partial charge in [-0.3, -0.25) is 4.79 Å². The van der Waals surface area contributed by atoms with Gasteiger partial charge in [-0.1, -0.05) is 12.2 Å². The van der Waals surface area contributed by atoms with Crippen LogP contribution in [-0.4, -0.2) is 32.8 Å². The molecular formula is C11H13NO5S. The van der Waals surface area contributed by atoms with Gasteiger partial charge in [0.15, 0.2) is 11.8 Å². The Kier molecular flexibility index (Phi) is 3.36. The van der Waals surface area contributed by atoms with E-state index in [9.17, 15) is 18.0 Å². The van der Waals surface area contributed by atoms with Gasteiger partial charge in [0, 0.05) is 0 Å². The Morgan fingerprint density at radius 2 is 2.28 bits per heavy atom. The largest absolute Gasteiger partial charge is 0.464 e. The monoisotopic (exact) mass is 271 g/mol. The first-order valence-electron chi connectivity index (χ1n) is 5.56. The summed E-state index contributed by atoms with van der Waals surface area (Å²) in [6.07, 6.45) is 4.97. The van der Waals surface area contributed by atoms with E-state index in [0.29, 0.717) is 6.42 Å². The van der Waals surface area contributed by atoms with Crippen molar-refractivity contribution in [3.63, 3.8) is 0 Å². The number of rotatable bonds is 2. The molecule has 1 aliphatic carbocycles. The lowest BCUT2D eigenvalue weighted by Gasteiger charge is -2.30. The van der Waals surface area contributed by atoms with Crippen LogP contribution in [0.5, 0.6) is 0 Å². The van der Waals surface area contributed by atoms with Gasteiger partial charge in [0.25, 0.3) is 0 Å². The van der Waals surface area contributed by atoms with Gasteiger partial charge in [-0.2, -0.15) is 4.72 Å². The minimum absolute atomic E-state index is 0.0237. The molecule has 1 aliphatic heterocycles. The van der Waals surface area contributed by atoms with Crippen LogP contribution in [0.15, 0.2) is 23.1 Å². The number of ketones is 1. The number of esters is 1. The number of hydrogen-bond acceptors (Lipinski definition) is 5. The van der Waals surface area contributed by atoms with Crippen LogP contribution in [0.4, 0.5) is 0 Å². The Balaban J connectivity index is 2.35. The standard InChI is InChI=1S/C11H13NO5S/c1-2-17-11(14)9-10(13)7-5-3-4-6-8(7)18(15,16)12-9/h3-4,6-7,9,12H,2,5H2,1H3. The van der Waals surface area contributed by atoms with Crippen molar-refractivity contribution in [2.24, 2.45) is 5.92 Å². The molecule has 2 unspecified atom stereocenters. The van der Waals surface area contributed by atoms with Crippen molar-refractivity contribution in [3.8, 4) is 0 Å². The molecule has 1 saturated heterocycles. The number of Topliss-reactive ketones (excluding diaryl/α,β-unsaturated/α-hetero) is 1. The fourth-order valence-corrected chi connectivity index (χ4v) is 3.52. The van der Waals surface area contributed by atoms with E-state index in [1.807, 2.05) is 0 Å². The Bertz CT molecular complexity index is 546. The number of nitrogens with one attached hydrogen (secondary N) is 1. The fourth-order valence-electron chi connectivity index (χ4n) is 2.02. The first kappa shape index (κ1) is 13.0. The van der Waals surface area contributed by atoms with Gasteiger partial charge in [-0.25, -0.2) is 13.2 Å². The van der Waals surface area contributed by atoms with Crippen LogP contribution in [-0.2, 0) is 24.3 Å². The molecule has 2 atom stereocenters. The van der Waals surface area contributed by atoms with Gasteiger partial charge >= 0.3 is 5.97 Å². The minimum atomic E-state index is -3.79. The summed E-state index contributed by atoms with van der Waals surface area (Å²) in [5.74, 6) is -2.09. The highest BCUT2D eigenvalue weighted by atomic mass is 32.2. The summed E-state index contributed by atoms with van der Waals surface area (Å²) in [7, 11) is -3.79. The molecule has 2 aliphatic rings. The number of ether oxygens (including phenoxy) is 1. The van der Waals surface area contributed by atoms with E-state index in [4.69, 9.17) is 4.74 Å². The molecule has 0 aromatic heterocycles. The van der Waals surface area contributed by atoms with Gasteiger partial charge in [0.2, 0.25) is 10.0 Å². The van der Waals surface area contributed by atoms with E-state index in [0.717, 1.165) is 0 Å². The minimum Gasteiger partial charge on any atom is -0.464 e. The summed E-state index contributed by atoms with van der Waals surface area (Å²) in [5.41, 5.74) is 0. The van der Waals surface area contributed by atoms with E-state index in [1.54, 1.807) is 19.1 Å². The Labute approximate surface area is 105 Å². The molecule has 0 amide bonds. The van der Waals surface area contributed by atoms with Crippen molar-refractivity contribution in [2.45, 2.75) is 19.4 Å². The molecule has 0 saturated carbocycles. The topological polar surface area (TPSA) is 89.5 Å². The van der Waals surface area contributed by atoms with Crippen LogP contribution in [0, 0.1) is 5.92 Å². The molecule has 2 rings (SSSR count). The normalized spacial score (nSPS) is 29.4. The van der Waals surface area contributed by atoms with Crippen molar-refractivity contribution in [1.82, 2.24) is 4.72 Å². The average molecular weight is 271 g/mol. The van der Waals surface area contributed by atoms with Gasteiger partial charge in [0.05, 0.1) is 17.4 Å². The molecule has 7 heteroatoms. The number of sulfonamides is 1. The molecule has 0 spiro atoms. The van der Waals surface area contributed by atoms with Crippen LogP contribution in [0.25, 0.3) is 0 Å². The zero-order valence-electron chi connectivity index (χ0n) is 9.75. The average Bonchev–Trinajstić information content (AvgIpc) is 2.34. The highest BCUT2D eigenvalue weighted by molar-refractivity contribution is 7.93. The van der Waals surface area contributed by atoms with E-state index >= 15 is 0 Å². The van der Waals surface area contributed by atoms with Crippen LogP contribution >= 0.6 is 0 Å². The molecule has 0 aromatic carbocycles. The van der Waals surface area contributed by atoms with Crippen molar-refractivity contribution in [3.05, 3.63) is 23.1 Å². The van der Waals surface area contributed by atoms with Crippen molar-refractivity contribution in [2.75, 3.05) is 6.61 Å². The van der Waals surface area contributed by atoms with E-state index in [-0.39, 0.29) is 11.5 Å². The summed E-state index contributed by atoms with van der Waals surface area (Å²) >= 11 is 0. The zero-order chi connectivity index (χ0) is 13.3. The van der Waals surface area contributed by atoms with E-state index < -0.39 is 33.7 Å². The van der Waals surface area contributed by atoms with Gasteiger partial charge < -0.3 is 4.74 Å². The summed E-state index contributed by atoms with van der Waals surface area (Å²) < 4.78 is 30.6. The third-order valence-corrected chi connectivity index (χ3v) is 4.43. The summed E-state index contributed by atoms with van der Waals surface area (Å²) in [6, 6.07) is -1.43.